The fourth-order valence-corrected chi connectivity index (χ4v) is 4.27. The zero-order valence-corrected chi connectivity index (χ0v) is 16.6. The number of hydrogen-bond acceptors (Lipinski definition) is 3. The number of likely N-dealkylation sites (tertiary alicyclic amines) is 1. The summed E-state index contributed by atoms with van der Waals surface area (Å²) in [4.78, 5) is 4.93. The number of halogens is 2. The molecule has 5 heteroatoms. The zero-order valence-electron chi connectivity index (χ0n) is 14.3. The van der Waals surface area contributed by atoms with Crippen molar-refractivity contribution in [2.24, 2.45) is 0 Å². The van der Waals surface area contributed by atoms with Gasteiger partial charge >= 0.3 is 0 Å². The molecule has 2 aromatic carbocycles. The van der Waals surface area contributed by atoms with Crippen molar-refractivity contribution in [2.45, 2.75) is 35.5 Å². The normalized spacial score (nSPS) is 15.3. The van der Waals surface area contributed by atoms with Gasteiger partial charge in [0.05, 0.1) is 0 Å². The van der Waals surface area contributed by atoms with Crippen molar-refractivity contribution in [1.82, 2.24) is 4.90 Å². The maximum absolute atomic E-state index is 6.20. The number of hydrogen-bond donors (Lipinski definition) is 1. The molecule has 0 saturated carbocycles. The number of benzene rings is 2. The second-order valence-electron chi connectivity index (χ2n) is 6.38. The number of nitrogens with one attached hydrogen (secondary N) is 1. The van der Waals surface area contributed by atoms with E-state index in [1.54, 1.807) is 11.8 Å². The molecule has 0 spiro atoms. The molecule has 0 radical (unpaired) electrons. The van der Waals surface area contributed by atoms with Crippen molar-refractivity contribution < 1.29 is 0 Å². The number of anilines is 1. The minimum atomic E-state index is 0.761. The largest absolute Gasteiger partial charge is 0.384 e. The Hall–Kier alpha value is -0.870. The van der Waals surface area contributed by atoms with Crippen LogP contribution in [-0.2, 0) is 0 Å². The summed E-state index contributed by atoms with van der Waals surface area (Å²) in [6.07, 6.45) is 5.24. The van der Waals surface area contributed by atoms with E-state index in [9.17, 15) is 0 Å². The Morgan fingerprint density at radius 2 is 1.64 bits per heavy atom. The third kappa shape index (κ3) is 6.10. The minimum Gasteiger partial charge on any atom is -0.384 e. The molecule has 3 rings (SSSR count). The molecule has 1 heterocycles. The molecule has 0 aliphatic carbocycles. The highest BCUT2D eigenvalue weighted by Crippen LogP contribution is 2.35. The van der Waals surface area contributed by atoms with E-state index in [-0.39, 0.29) is 0 Å². The molecule has 25 heavy (non-hydrogen) atoms. The molecule has 0 unspecified atom stereocenters. The van der Waals surface area contributed by atoms with E-state index in [0.717, 1.165) is 28.7 Å². The van der Waals surface area contributed by atoms with Crippen LogP contribution >= 0.6 is 35.0 Å². The molecule has 1 saturated heterocycles. The monoisotopic (exact) mass is 394 g/mol. The minimum absolute atomic E-state index is 0.761. The summed E-state index contributed by atoms with van der Waals surface area (Å²) in [5.41, 5.74) is 1.10. The van der Waals surface area contributed by atoms with E-state index in [1.807, 2.05) is 36.4 Å². The Labute approximate surface area is 164 Å². The van der Waals surface area contributed by atoms with Crippen molar-refractivity contribution in [1.29, 1.82) is 0 Å². The molecule has 2 aromatic rings. The Bertz CT molecular complexity index is 670. The summed E-state index contributed by atoms with van der Waals surface area (Å²) in [5, 5.41) is 5.09. The van der Waals surface area contributed by atoms with Gasteiger partial charge in [0.1, 0.15) is 0 Å². The fraction of sp³-hybridized carbons (Fsp3) is 0.400. The average molecular weight is 395 g/mol. The number of rotatable bonds is 7. The van der Waals surface area contributed by atoms with Gasteiger partial charge in [-0.05, 0) is 81.4 Å². The van der Waals surface area contributed by atoms with Crippen LogP contribution in [0.2, 0.25) is 10.0 Å². The van der Waals surface area contributed by atoms with Gasteiger partial charge in [-0.25, -0.2) is 0 Å². The van der Waals surface area contributed by atoms with E-state index in [0.29, 0.717) is 0 Å². The van der Waals surface area contributed by atoms with E-state index < -0.39 is 0 Å². The first-order valence-corrected chi connectivity index (χ1v) is 10.5. The summed E-state index contributed by atoms with van der Waals surface area (Å²) in [5.74, 6) is 0. The van der Waals surface area contributed by atoms with Crippen molar-refractivity contribution in [3.05, 3.63) is 52.5 Å². The maximum Gasteiger partial charge on any atom is 0.0496 e. The fourth-order valence-electron chi connectivity index (χ4n) is 3.07. The van der Waals surface area contributed by atoms with Gasteiger partial charge in [-0.3, -0.25) is 0 Å². The van der Waals surface area contributed by atoms with E-state index in [2.05, 4.69) is 16.3 Å². The van der Waals surface area contributed by atoms with Crippen LogP contribution in [0, 0.1) is 0 Å². The predicted molar refractivity (Wildman–Crippen MR) is 110 cm³/mol. The van der Waals surface area contributed by atoms with Crippen molar-refractivity contribution in [3.8, 4) is 0 Å². The molecule has 1 fully saturated rings. The Morgan fingerprint density at radius 1 is 0.920 bits per heavy atom. The van der Waals surface area contributed by atoms with Gasteiger partial charge in [0.25, 0.3) is 0 Å². The van der Waals surface area contributed by atoms with Crippen LogP contribution in [-0.4, -0.2) is 31.1 Å². The lowest BCUT2D eigenvalue weighted by atomic mass is 10.1. The maximum atomic E-state index is 6.20. The predicted octanol–water partition coefficient (Wildman–Crippen LogP) is 6.43. The lowest BCUT2D eigenvalue weighted by Crippen LogP contribution is -2.31. The standard InChI is InChI=1S/C20H24Cl2N2S/c21-16-5-8-18(9-6-16)25-20-10-7-17(22)15-19(20)23-11-4-14-24-12-2-1-3-13-24/h5-10,15,23H,1-4,11-14H2. The van der Waals surface area contributed by atoms with Crippen LogP contribution in [0.3, 0.4) is 0 Å². The quantitative estimate of drug-likeness (QED) is 0.544. The van der Waals surface area contributed by atoms with Gasteiger partial charge in [-0.15, -0.1) is 0 Å². The Balaban J connectivity index is 1.56. The zero-order chi connectivity index (χ0) is 17.5. The average Bonchev–Trinajstić information content (AvgIpc) is 2.63. The SMILES string of the molecule is Clc1ccc(Sc2ccc(Cl)cc2NCCCN2CCCCC2)cc1. The van der Waals surface area contributed by atoms with Gasteiger partial charge in [0.2, 0.25) is 0 Å². The third-order valence-corrected chi connectivity index (χ3v) is 5.97. The van der Waals surface area contributed by atoms with Crippen LogP contribution in [0.1, 0.15) is 25.7 Å². The van der Waals surface area contributed by atoms with Gasteiger partial charge < -0.3 is 10.2 Å². The smallest absolute Gasteiger partial charge is 0.0496 e. The van der Waals surface area contributed by atoms with Gasteiger partial charge in [-0.2, -0.15) is 0 Å². The van der Waals surface area contributed by atoms with Crippen LogP contribution in [0.5, 0.6) is 0 Å². The van der Waals surface area contributed by atoms with Crippen LogP contribution in [0.25, 0.3) is 0 Å². The highest BCUT2D eigenvalue weighted by molar-refractivity contribution is 7.99. The molecule has 0 amide bonds. The van der Waals surface area contributed by atoms with Crippen molar-refractivity contribution >= 4 is 40.7 Å². The molecule has 2 nitrogen and oxygen atoms in total. The van der Waals surface area contributed by atoms with E-state index in [4.69, 9.17) is 23.2 Å². The molecular formula is C20H24Cl2N2S. The Kier molecular flexibility index (Phi) is 7.35. The van der Waals surface area contributed by atoms with Crippen LogP contribution < -0.4 is 5.32 Å². The first-order chi connectivity index (χ1) is 12.2. The number of piperidine rings is 1. The summed E-state index contributed by atoms with van der Waals surface area (Å²) in [6.45, 7) is 4.65. The summed E-state index contributed by atoms with van der Waals surface area (Å²) >= 11 is 13.9. The van der Waals surface area contributed by atoms with Gasteiger partial charge in [0.15, 0.2) is 0 Å². The van der Waals surface area contributed by atoms with Gasteiger partial charge in [0, 0.05) is 32.1 Å². The molecule has 0 bridgehead atoms. The first-order valence-electron chi connectivity index (χ1n) is 8.90. The van der Waals surface area contributed by atoms with Gasteiger partial charge in [-0.1, -0.05) is 41.4 Å². The summed E-state index contributed by atoms with van der Waals surface area (Å²) in [7, 11) is 0. The molecule has 134 valence electrons. The van der Waals surface area contributed by atoms with Crippen LogP contribution in [0.15, 0.2) is 52.3 Å². The molecule has 1 aliphatic rings. The number of nitrogens with zero attached hydrogens (tertiary/aromatic N) is 1. The topological polar surface area (TPSA) is 15.3 Å². The van der Waals surface area contributed by atoms with Crippen molar-refractivity contribution in [3.63, 3.8) is 0 Å². The summed E-state index contributed by atoms with van der Waals surface area (Å²) in [6, 6.07) is 14.0. The summed E-state index contributed by atoms with van der Waals surface area (Å²) < 4.78 is 0. The van der Waals surface area contributed by atoms with E-state index >= 15 is 0 Å². The first kappa shape index (κ1) is 18.9. The lowest BCUT2D eigenvalue weighted by molar-refractivity contribution is 0.228. The van der Waals surface area contributed by atoms with E-state index in [1.165, 1.54) is 48.7 Å². The van der Waals surface area contributed by atoms with Crippen molar-refractivity contribution in [2.75, 3.05) is 31.5 Å². The Morgan fingerprint density at radius 3 is 2.40 bits per heavy atom. The third-order valence-electron chi connectivity index (χ3n) is 4.40. The molecule has 1 aliphatic heterocycles. The highest BCUT2D eigenvalue weighted by atomic mass is 35.5. The molecule has 0 atom stereocenters. The molecular weight excluding hydrogens is 371 g/mol. The second-order valence-corrected chi connectivity index (χ2v) is 8.37. The highest BCUT2D eigenvalue weighted by Gasteiger charge is 2.10. The van der Waals surface area contributed by atoms with Crippen LogP contribution in [0.4, 0.5) is 5.69 Å². The lowest BCUT2D eigenvalue weighted by Gasteiger charge is -2.26. The molecule has 0 aromatic heterocycles. The second kappa shape index (κ2) is 9.72. The molecule has 1 N–H and O–H groups in total.